The van der Waals surface area contributed by atoms with Crippen LogP contribution in [0.1, 0.15) is 25.5 Å². The number of aromatic nitrogens is 1. The first-order valence-electron chi connectivity index (χ1n) is 4.79. The number of carboxylic acids is 1. The fourth-order valence-electron chi connectivity index (χ4n) is 2.22. The van der Waals surface area contributed by atoms with Crippen LogP contribution in [-0.2, 0) is 4.79 Å². The molecule has 15 heavy (non-hydrogen) atoms. The van der Waals surface area contributed by atoms with E-state index in [1.54, 1.807) is 6.20 Å². The summed E-state index contributed by atoms with van der Waals surface area (Å²) in [4.78, 5) is 15.2. The molecule has 4 heteroatoms. The van der Waals surface area contributed by atoms with Gasteiger partial charge in [-0.25, -0.2) is 0 Å². The highest BCUT2D eigenvalue weighted by Crippen LogP contribution is 2.63. The zero-order valence-electron chi connectivity index (χ0n) is 8.57. The summed E-state index contributed by atoms with van der Waals surface area (Å²) in [5.74, 6) is -0.982. The van der Waals surface area contributed by atoms with Crippen LogP contribution >= 0.6 is 15.9 Å². The lowest BCUT2D eigenvalue weighted by Crippen LogP contribution is -2.03. The third-order valence-electron chi connectivity index (χ3n) is 3.16. The van der Waals surface area contributed by atoms with Crippen molar-refractivity contribution in [2.24, 2.45) is 11.3 Å². The fourth-order valence-corrected chi connectivity index (χ4v) is 2.46. The molecule has 0 amide bonds. The number of halogens is 1. The summed E-state index contributed by atoms with van der Waals surface area (Å²) < 4.78 is 0.914. The molecule has 1 saturated carbocycles. The Bertz CT molecular complexity index is 400. The van der Waals surface area contributed by atoms with Gasteiger partial charge in [0.15, 0.2) is 0 Å². The number of carbonyl (C=O) groups is 1. The number of hydrogen-bond donors (Lipinski definition) is 1. The van der Waals surface area contributed by atoms with Crippen molar-refractivity contribution in [3.05, 3.63) is 28.5 Å². The van der Waals surface area contributed by atoms with Crippen molar-refractivity contribution in [1.82, 2.24) is 4.98 Å². The van der Waals surface area contributed by atoms with E-state index in [2.05, 4.69) is 20.9 Å². The third kappa shape index (κ3) is 1.67. The van der Waals surface area contributed by atoms with Crippen LogP contribution in [0.2, 0.25) is 0 Å². The summed E-state index contributed by atoms with van der Waals surface area (Å²) in [5.41, 5.74) is 0.697. The van der Waals surface area contributed by atoms with Crippen LogP contribution in [0, 0.1) is 11.3 Å². The van der Waals surface area contributed by atoms with Crippen molar-refractivity contribution in [1.29, 1.82) is 0 Å². The maximum Gasteiger partial charge on any atom is 0.307 e. The van der Waals surface area contributed by atoms with Gasteiger partial charge in [0.25, 0.3) is 0 Å². The number of pyridine rings is 1. The van der Waals surface area contributed by atoms with Crippen molar-refractivity contribution < 1.29 is 9.90 Å². The number of carboxylic acid groups (broad SMARTS) is 1. The highest BCUT2D eigenvalue weighted by atomic mass is 79.9. The maximum absolute atomic E-state index is 11.0. The van der Waals surface area contributed by atoms with E-state index in [1.165, 1.54) is 0 Å². The first-order valence-corrected chi connectivity index (χ1v) is 5.58. The van der Waals surface area contributed by atoms with E-state index >= 15 is 0 Å². The van der Waals surface area contributed by atoms with Gasteiger partial charge in [-0.05, 0) is 33.5 Å². The van der Waals surface area contributed by atoms with Crippen molar-refractivity contribution in [3.63, 3.8) is 0 Å². The van der Waals surface area contributed by atoms with Crippen molar-refractivity contribution in [2.75, 3.05) is 0 Å². The third-order valence-corrected chi connectivity index (χ3v) is 3.63. The van der Waals surface area contributed by atoms with Crippen LogP contribution in [0.3, 0.4) is 0 Å². The van der Waals surface area contributed by atoms with Gasteiger partial charge < -0.3 is 5.11 Å². The molecule has 0 unspecified atom stereocenters. The second kappa shape index (κ2) is 3.30. The van der Waals surface area contributed by atoms with Crippen LogP contribution in [0.25, 0.3) is 0 Å². The van der Waals surface area contributed by atoms with E-state index in [9.17, 15) is 4.79 Å². The predicted octanol–water partition coefficient (Wildman–Crippen LogP) is 2.67. The van der Waals surface area contributed by atoms with Crippen LogP contribution in [0.4, 0.5) is 0 Å². The molecule has 1 aromatic heterocycles. The Morgan fingerprint density at radius 2 is 2.20 bits per heavy atom. The molecule has 0 saturated heterocycles. The van der Waals surface area contributed by atoms with Gasteiger partial charge in [-0.15, -0.1) is 0 Å². The Hall–Kier alpha value is -0.900. The van der Waals surface area contributed by atoms with E-state index in [0.29, 0.717) is 0 Å². The Morgan fingerprint density at radius 1 is 1.53 bits per heavy atom. The minimum Gasteiger partial charge on any atom is -0.481 e. The summed E-state index contributed by atoms with van der Waals surface area (Å²) in [5, 5.41) is 9.04. The Morgan fingerprint density at radius 3 is 2.60 bits per heavy atom. The lowest BCUT2D eigenvalue weighted by Gasteiger charge is -2.01. The number of nitrogens with zero attached hydrogens (tertiary/aromatic N) is 1. The molecule has 0 radical (unpaired) electrons. The predicted molar refractivity (Wildman–Crippen MR) is 59.6 cm³/mol. The van der Waals surface area contributed by atoms with Crippen LogP contribution < -0.4 is 0 Å². The molecule has 0 aliphatic heterocycles. The quantitative estimate of drug-likeness (QED) is 0.898. The topological polar surface area (TPSA) is 50.2 Å². The zero-order chi connectivity index (χ0) is 11.2. The molecule has 1 fully saturated rings. The molecule has 3 nitrogen and oxygen atoms in total. The fraction of sp³-hybridized carbons (Fsp3) is 0.455. The summed E-state index contributed by atoms with van der Waals surface area (Å²) >= 11 is 3.31. The average molecular weight is 270 g/mol. The standard InChI is InChI=1S/C11H12BrNO2/c1-11(2)8(9(11)10(14)15)7-4-3-6(12)5-13-7/h3-5,8-9H,1-2H3,(H,14,15)/t8-,9+/m1/s1. The molecule has 2 rings (SSSR count). The van der Waals surface area contributed by atoms with E-state index in [-0.39, 0.29) is 17.3 Å². The second-order valence-electron chi connectivity index (χ2n) is 4.52. The molecule has 1 heterocycles. The van der Waals surface area contributed by atoms with Crippen LogP contribution in [0.15, 0.2) is 22.8 Å². The lowest BCUT2D eigenvalue weighted by molar-refractivity contribution is -0.139. The summed E-state index contributed by atoms with van der Waals surface area (Å²) in [7, 11) is 0. The largest absolute Gasteiger partial charge is 0.481 e. The van der Waals surface area contributed by atoms with Gasteiger partial charge in [-0.1, -0.05) is 13.8 Å². The SMILES string of the molecule is CC1(C)[C@H](C(=O)O)[C@H]1c1ccc(Br)cn1. The molecular formula is C11H12BrNO2. The lowest BCUT2D eigenvalue weighted by atomic mass is 10.1. The van der Waals surface area contributed by atoms with Gasteiger partial charge >= 0.3 is 5.97 Å². The highest BCUT2D eigenvalue weighted by Gasteiger charge is 2.63. The molecule has 80 valence electrons. The van der Waals surface area contributed by atoms with Crippen LogP contribution in [0.5, 0.6) is 0 Å². The Kier molecular flexibility index (Phi) is 2.34. The van der Waals surface area contributed by atoms with Gasteiger partial charge in [0.1, 0.15) is 0 Å². The molecule has 1 aliphatic carbocycles. The second-order valence-corrected chi connectivity index (χ2v) is 5.43. The normalized spacial score (nSPS) is 27.4. The first-order chi connectivity index (χ1) is 6.94. The minimum absolute atomic E-state index is 0.0445. The molecule has 0 aromatic carbocycles. The summed E-state index contributed by atoms with van der Waals surface area (Å²) in [6, 6.07) is 3.79. The van der Waals surface area contributed by atoms with Gasteiger partial charge in [0.2, 0.25) is 0 Å². The minimum atomic E-state index is -0.727. The molecule has 0 bridgehead atoms. The molecule has 2 atom stereocenters. The Labute approximate surface area is 96.7 Å². The van der Waals surface area contributed by atoms with Gasteiger partial charge in [0, 0.05) is 22.3 Å². The van der Waals surface area contributed by atoms with E-state index < -0.39 is 5.97 Å². The number of hydrogen-bond acceptors (Lipinski definition) is 2. The highest BCUT2D eigenvalue weighted by molar-refractivity contribution is 9.10. The van der Waals surface area contributed by atoms with E-state index in [1.807, 2.05) is 26.0 Å². The Balaban J connectivity index is 2.27. The van der Waals surface area contributed by atoms with Gasteiger partial charge in [0.05, 0.1) is 5.92 Å². The van der Waals surface area contributed by atoms with Crippen molar-refractivity contribution >= 4 is 21.9 Å². The average Bonchev–Trinajstić information content (AvgIpc) is 2.70. The molecule has 1 N–H and O–H groups in total. The summed E-state index contributed by atoms with van der Waals surface area (Å²) in [6.07, 6.45) is 1.71. The van der Waals surface area contributed by atoms with E-state index in [4.69, 9.17) is 5.11 Å². The molecule has 1 aromatic rings. The van der Waals surface area contributed by atoms with Gasteiger partial charge in [-0.2, -0.15) is 0 Å². The molecule has 1 aliphatic rings. The maximum atomic E-state index is 11.0. The monoisotopic (exact) mass is 269 g/mol. The first kappa shape index (κ1) is 10.6. The smallest absolute Gasteiger partial charge is 0.307 e. The zero-order valence-corrected chi connectivity index (χ0v) is 10.2. The van der Waals surface area contributed by atoms with Crippen molar-refractivity contribution in [3.8, 4) is 0 Å². The van der Waals surface area contributed by atoms with Crippen LogP contribution in [-0.4, -0.2) is 16.1 Å². The summed E-state index contributed by atoms with van der Waals surface area (Å²) in [6.45, 7) is 3.94. The molecule has 0 spiro atoms. The number of aliphatic carboxylic acids is 1. The van der Waals surface area contributed by atoms with Gasteiger partial charge in [-0.3, -0.25) is 9.78 Å². The molecular weight excluding hydrogens is 258 g/mol. The van der Waals surface area contributed by atoms with E-state index in [0.717, 1.165) is 10.2 Å². The van der Waals surface area contributed by atoms with Crippen molar-refractivity contribution in [2.45, 2.75) is 19.8 Å². The number of rotatable bonds is 2.